The van der Waals surface area contributed by atoms with Gasteiger partial charge in [0.15, 0.2) is 5.03 Å². The lowest BCUT2D eigenvalue weighted by molar-refractivity contribution is -0.192. The van der Waals surface area contributed by atoms with Gasteiger partial charge in [0, 0.05) is 32.4 Å². The number of hydrogen-bond acceptors (Lipinski definition) is 5. The highest BCUT2D eigenvalue weighted by Gasteiger charge is 2.48. The van der Waals surface area contributed by atoms with Gasteiger partial charge in [-0.1, -0.05) is 0 Å². The summed E-state index contributed by atoms with van der Waals surface area (Å²) in [5.41, 5.74) is 0.380. The van der Waals surface area contributed by atoms with Gasteiger partial charge in [0.2, 0.25) is 0 Å². The maximum absolute atomic E-state index is 12.5. The topological polar surface area (TPSA) is 95.7 Å². The first-order valence-electron chi connectivity index (χ1n) is 8.71. The van der Waals surface area contributed by atoms with Crippen LogP contribution in [0.4, 0.5) is 13.2 Å². The Labute approximate surface area is 162 Å². The van der Waals surface area contributed by atoms with E-state index in [1.165, 1.54) is 19.2 Å². The molecule has 3 rings (SSSR count). The van der Waals surface area contributed by atoms with Crippen LogP contribution in [0.1, 0.15) is 25.7 Å². The van der Waals surface area contributed by atoms with Crippen LogP contribution in [0.2, 0.25) is 0 Å². The van der Waals surface area contributed by atoms with E-state index >= 15 is 0 Å². The predicted molar refractivity (Wildman–Crippen MR) is 94.0 cm³/mol. The van der Waals surface area contributed by atoms with Crippen molar-refractivity contribution in [3.63, 3.8) is 0 Å². The molecule has 1 saturated carbocycles. The van der Waals surface area contributed by atoms with Gasteiger partial charge in [-0.05, 0) is 45.2 Å². The van der Waals surface area contributed by atoms with Crippen LogP contribution in [0.5, 0.6) is 0 Å². The minimum Gasteiger partial charge on any atom is -0.475 e. The first kappa shape index (κ1) is 22.6. The zero-order valence-electron chi connectivity index (χ0n) is 16.0. The molecule has 2 fully saturated rings. The number of nitrogens with zero attached hydrogens (tertiary/aromatic N) is 4. The first-order chi connectivity index (χ1) is 12.8. The van der Waals surface area contributed by atoms with E-state index in [-0.39, 0.29) is 5.03 Å². The summed E-state index contributed by atoms with van der Waals surface area (Å²) >= 11 is 0. The van der Waals surface area contributed by atoms with E-state index in [0.717, 1.165) is 12.8 Å². The van der Waals surface area contributed by atoms with Gasteiger partial charge in [0.1, 0.15) is 0 Å². The molecule has 1 saturated heterocycles. The summed E-state index contributed by atoms with van der Waals surface area (Å²) in [4.78, 5) is 15.2. The van der Waals surface area contributed by atoms with Crippen molar-refractivity contribution >= 4 is 16.0 Å². The van der Waals surface area contributed by atoms with Crippen molar-refractivity contribution in [3.8, 4) is 0 Å². The molecule has 1 aliphatic heterocycles. The Kier molecular flexibility index (Phi) is 6.46. The van der Waals surface area contributed by atoms with Gasteiger partial charge in [-0.3, -0.25) is 0 Å². The zero-order chi connectivity index (χ0) is 21.3. The standard InChI is InChI=1S/C14H24N4O2S.C2HF3O2/c1-16(2)12-8-14(9-12)4-6-18(7-5-14)21(19,20)13-10-17(3)11-15-13;3-2(4,5)1(6)7/h10-12H,4-9H2,1-3H3;(H,6,7). The Hall–Kier alpha value is -1.66. The SMILES string of the molecule is CN(C)C1CC2(CCN(S(=O)(=O)c3cn(C)cn3)CC2)C1.O=C(O)C(F)(F)F. The van der Waals surface area contributed by atoms with Crippen LogP contribution in [0.3, 0.4) is 0 Å². The van der Waals surface area contributed by atoms with E-state index in [2.05, 4.69) is 24.0 Å². The van der Waals surface area contributed by atoms with Crippen LogP contribution < -0.4 is 0 Å². The number of imidazole rings is 1. The van der Waals surface area contributed by atoms with Crippen LogP contribution in [-0.2, 0) is 21.9 Å². The highest BCUT2D eigenvalue weighted by atomic mass is 32.2. The van der Waals surface area contributed by atoms with E-state index in [4.69, 9.17) is 9.90 Å². The Morgan fingerprint density at radius 3 is 2.14 bits per heavy atom. The molecule has 0 bridgehead atoms. The van der Waals surface area contributed by atoms with Crippen molar-refractivity contribution < 1.29 is 31.5 Å². The molecule has 1 N–H and O–H groups in total. The summed E-state index contributed by atoms with van der Waals surface area (Å²) in [7, 11) is 2.62. The molecule has 8 nitrogen and oxygen atoms in total. The lowest BCUT2D eigenvalue weighted by atomic mass is 9.60. The number of aliphatic carboxylic acids is 1. The van der Waals surface area contributed by atoms with Gasteiger partial charge in [-0.2, -0.15) is 17.5 Å². The van der Waals surface area contributed by atoms with Gasteiger partial charge in [0.25, 0.3) is 10.0 Å². The highest BCUT2D eigenvalue weighted by Crippen LogP contribution is 2.50. The van der Waals surface area contributed by atoms with Gasteiger partial charge >= 0.3 is 12.1 Å². The number of rotatable bonds is 3. The van der Waals surface area contributed by atoms with Crippen molar-refractivity contribution in [1.82, 2.24) is 18.8 Å². The molecule has 2 heterocycles. The predicted octanol–water partition coefficient (Wildman–Crippen LogP) is 1.55. The van der Waals surface area contributed by atoms with E-state index in [0.29, 0.717) is 24.5 Å². The van der Waals surface area contributed by atoms with E-state index in [1.54, 1.807) is 22.1 Å². The van der Waals surface area contributed by atoms with Gasteiger partial charge < -0.3 is 14.6 Å². The summed E-state index contributed by atoms with van der Waals surface area (Å²) in [6, 6.07) is 0.670. The molecule has 28 heavy (non-hydrogen) atoms. The smallest absolute Gasteiger partial charge is 0.475 e. The van der Waals surface area contributed by atoms with Crippen LogP contribution in [0.15, 0.2) is 17.6 Å². The molecule has 160 valence electrons. The lowest BCUT2D eigenvalue weighted by Crippen LogP contribution is -2.54. The van der Waals surface area contributed by atoms with Crippen molar-refractivity contribution in [3.05, 3.63) is 12.5 Å². The second kappa shape index (κ2) is 7.99. The average Bonchev–Trinajstić information content (AvgIpc) is 2.99. The van der Waals surface area contributed by atoms with Crippen molar-refractivity contribution in [2.24, 2.45) is 12.5 Å². The third-order valence-electron chi connectivity index (χ3n) is 5.38. The maximum atomic E-state index is 12.5. The molecule has 1 spiro atoms. The van der Waals surface area contributed by atoms with Crippen LogP contribution in [0.25, 0.3) is 0 Å². The van der Waals surface area contributed by atoms with E-state index < -0.39 is 22.2 Å². The second-order valence-electron chi connectivity index (χ2n) is 7.61. The minimum atomic E-state index is -5.08. The second-order valence-corrected chi connectivity index (χ2v) is 9.49. The van der Waals surface area contributed by atoms with Crippen molar-refractivity contribution in [2.75, 3.05) is 27.2 Å². The Bertz CT molecular complexity index is 791. The molecular formula is C16H25F3N4O4S. The third-order valence-corrected chi connectivity index (χ3v) is 7.16. The molecule has 2 aliphatic rings. The first-order valence-corrected chi connectivity index (χ1v) is 10.2. The quantitative estimate of drug-likeness (QED) is 0.788. The third kappa shape index (κ3) is 5.03. The fourth-order valence-electron chi connectivity index (χ4n) is 3.57. The summed E-state index contributed by atoms with van der Waals surface area (Å²) in [5.74, 6) is -2.76. The van der Waals surface area contributed by atoms with Gasteiger partial charge in [-0.15, -0.1) is 0 Å². The molecule has 1 aromatic rings. The molecule has 1 aliphatic carbocycles. The lowest BCUT2D eigenvalue weighted by Gasteiger charge is -2.53. The van der Waals surface area contributed by atoms with Crippen molar-refractivity contribution in [1.29, 1.82) is 0 Å². The fourth-order valence-corrected chi connectivity index (χ4v) is 4.98. The summed E-state index contributed by atoms with van der Waals surface area (Å²) in [6.07, 6.45) is 2.39. The number of carboxylic acid groups (broad SMARTS) is 1. The largest absolute Gasteiger partial charge is 0.490 e. The molecule has 12 heteroatoms. The molecule has 0 amide bonds. The van der Waals surface area contributed by atoms with Crippen LogP contribution >= 0.6 is 0 Å². The molecule has 1 aromatic heterocycles. The van der Waals surface area contributed by atoms with Crippen LogP contribution in [0, 0.1) is 5.41 Å². The van der Waals surface area contributed by atoms with Gasteiger partial charge in [-0.25, -0.2) is 18.2 Å². The average molecular weight is 426 g/mol. The Morgan fingerprint density at radius 1 is 1.29 bits per heavy atom. The Balaban J connectivity index is 0.000000345. The molecular weight excluding hydrogens is 401 g/mol. The summed E-state index contributed by atoms with van der Waals surface area (Å²) < 4.78 is 60.1. The number of aryl methyl sites for hydroxylation is 1. The van der Waals surface area contributed by atoms with Gasteiger partial charge in [0.05, 0.1) is 6.33 Å². The minimum absolute atomic E-state index is 0.167. The van der Waals surface area contributed by atoms with E-state index in [9.17, 15) is 21.6 Å². The van der Waals surface area contributed by atoms with Crippen LogP contribution in [-0.4, -0.2) is 77.7 Å². The highest BCUT2D eigenvalue weighted by molar-refractivity contribution is 7.89. The number of sulfonamides is 1. The Morgan fingerprint density at radius 2 is 1.79 bits per heavy atom. The molecule has 0 atom stereocenters. The molecule has 0 aromatic carbocycles. The number of aromatic nitrogens is 2. The fraction of sp³-hybridized carbons (Fsp3) is 0.750. The normalized spacial score (nSPS) is 20.5. The number of hydrogen-bond donors (Lipinski definition) is 1. The number of carbonyl (C=O) groups is 1. The molecule has 0 unspecified atom stereocenters. The zero-order valence-corrected chi connectivity index (χ0v) is 16.8. The molecule has 0 radical (unpaired) electrons. The van der Waals surface area contributed by atoms with E-state index in [1.807, 2.05) is 0 Å². The monoisotopic (exact) mass is 426 g/mol. The summed E-state index contributed by atoms with van der Waals surface area (Å²) in [6.45, 7) is 1.25. The summed E-state index contributed by atoms with van der Waals surface area (Å²) in [5, 5.41) is 7.29. The van der Waals surface area contributed by atoms with Crippen molar-refractivity contribution in [2.45, 2.75) is 42.9 Å². The maximum Gasteiger partial charge on any atom is 0.490 e. The number of piperidine rings is 1. The number of alkyl halides is 3. The number of halogens is 3. The number of carboxylic acids is 1.